The summed E-state index contributed by atoms with van der Waals surface area (Å²) in [6.45, 7) is 0. The first kappa shape index (κ1) is 9.99. The molecule has 3 N–H and O–H groups in total. The Balaban J connectivity index is 2.45. The van der Waals surface area contributed by atoms with E-state index in [-0.39, 0.29) is 6.04 Å². The molecule has 0 aliphatic rings. The minimum absolute atomic E-state index is 0.267. The maximum atomic E-state index is 5.60. The third-order valence-corrected chi connectivity index (χ3v) is 2.97. The van der Waals surface area contributed by atoms with E-state index in [0.717, 1.165) is 12.8 Å². The van der Waals surface area contributed by atoms with E-state index in [1.807, 2.05) is 6.07 Å². The second-order valence-corrected chi connectivity index (χ2v) is 3.92. The summed E-state index contributed by atoms with van der Waals surface area (Å²) in [7, 11) is 0. The summed E-state index contributed by atoms with van der Waals surface area (Å²) >= 11 is 7.32. The maximum absolute atomic E-state index is 5.60. The summed E-state index contributed by atoms with van der Waals surface area (Å²) < 4.78 is 0. The first-order valence-corrected chi connectivity index (χ1v) is 5.35. The van der Waals surface area contributed by atoms with Crippen molar-refractivity contribution >= 4 is 22.9 Å². The second-order valence-electron chi connectivity index (χ2n) is 2.57. The van der Waals surface area contributed by atoms with E-state index in [4.69, 9.17) is 17.4 Å². The van der Waals surface area contributed by atoms with Crippen LogP contribution in [0.5, 0.6) is 0 Å². The fraction of sp³-hybridized carbons (Fsp3) is 0.500. The molecule has 1 atom stereocenters. The van der Waals surface area contributed by atoms with E-state index in [2.05, 4.69) is 16.9 Å². The predicted octanol–water partition coefficient (Wildman–Crippen LogP) is 2.27. The smallest absolute Gasteiger partial charge is 0.0553 e. The van der Waals surface area contributed by atoms with Crippen LogP contribution in [0.2, 0.25) is 0 Å². The van der Waals surface area contributed by atoms with Crippen LogP contribution in [0.15, 0.2) is 17.5 Å². The fourth-order valence-electron chi connectivity index (χ4n) is 1.08. The molecule has 1 heterocycles. The van der Waals surface area contributed by atoms with Crippen LogP contribution in [0.3, 0.4) is 0 Å². The van der Waals surface area contributed by atoms with Crippen LogP contribution in [0.25, 0.3) is 0 Å². The number of rotatable bonds is 5. The van der Waals surface area contributed by atoms with E-state index in [1.54, 1.807) is 11.3 Å². The molecule has 1 rings (SSSR count). The highest BCUT2D eigenvalue weighted by atomic mass is 35.5. The average molecular weight is 205 g/mol. The molecule has 4 heteroatoms. The average Bonchev–Trinajstić information content (AvgIpc) is 2.59. The van der Waals surface area contributed by atoms with Crippen molar-refractivity contribution < 1.29 is 0 Å². The molecular weight excluding hydrogens is 192 g/mol. The Bertz CT molecular complexity index is 201. The Hall–Kier alpha value is -0.0900. The zero-order chi connectivity index (χ0) is 8.81. The number of thiophene rings is 1. The van der Waals surface area contributed by atoms with Gasteiger partial charge in [0.05, 0.1) is 6.04 Å². The molecule has 0 fully saturated rings. The largest absolute Gasteiger partial charge is 0.271 e. The van der Waals surface area contributed by atoms with Crippen molar-refractivity contribution in [3.63, 3.8) is 0 Å². The van der Waals surface area contributed by atoms with E-state index < -0.39 is 0 Å². The number of hydrazine groups is 1. The molecule has 0 aromatic carbocycles. The molecule has 0 amide bonds. The highest BCUT2D eigenvalue weighted by molar-refractivity contribution is 7.10. The molecule has 1 aromatic heterocycles. The first-order chi connectivity index (χ1) is 5.88. The van der Waals surface area contributed by atoms with Gasteiger partial charge < -0.3 is 0 Å². The van der Waals surface area contributed by atoms with Crippen LogP contribution < -0.4 is 11.3 Å². The summed E-state index contributed by atoms with van der Waals surface area (Å²) in [5.41, 5.74) is 2.79. The highest BCUT2D eigenvalue weighted by Crippen LogP contribution is 2.22. The second kappa shape index (κ2) is 5.54. The predicted molar refractivity (Wildman–Crippen MR) is 54.3 cm³/mol. The molecule has 68 valence electrons. The van der Waals surface area contributed by atoms with Gasteiger partial charge in [0.25, 0.3) is 0 Å². The van der Waals surface area contributed by atoms with Gasteiger partial charge in [-0.05, 0) is 24.3 Å². The van der Waals surface area contributed by atoms with Crippen LogP contribution in [0, 0.1) is 0 Å². The first-order valence-electron chi connectivity index (χ1n) is 3.94. The van der Waals surface area contributed by atoms with Gasteiger partial charge in [-0.3, -0.25) is 11.3 Å². The van der Waals surface area contributed by atoms with Gasteiger partial charge in [-0.2, -0.15) is 0 Å². The number of alkyl halides is 1. The Morgan fingerprint density at radius 3 is 3.00 bits per heavy atom. The fourth-order valence-corrected chi connectivity index (χ4v) is 2.05. The molecular formula is C8H13ClN2S. The maximum Gasteiger partial charge on any atom is 0.0553 e. The van der Waals surface area contributed by atoms with Gasteiger partial charge in [0.1, 0.15) is 0 Å². The number of hydrogen-bond acceptors (Lipinski definition) is 3. The topological polar surface area (TPSA) is 38.0 Å². The van der Waals surface area contributed by atoms with Gasteiger partial charge in [-0.25, -0.2) is 0 Å². The summed E-state index contributed by atoms with van der Waals surface area (Å²) in [6.07, 6.45) is 1.99. The van der Waals surface area contributed by atoms with E-state index in [1.165, 1.54) is 4.88 Å². The third kappa shape index (κ3) is 2.75. The quantitative estimate of drug-likeness (QED) is 0.439. The van der Waals surface area contributed by atoms with Crippen LogP contribution in [-0.2, 0) is 0 Å². The van der Waals surface area contributed by atoms with Gasteiger partial charge >= 0.3 is 0 Å². The summed E-state index contributed by atoms with van der Waals surface area (Å²) in [6, 6.07) is 4.39. The normalized spacial score (nSPS) is 13.2. The Kier molecular flexibility index (Phi) is 4.61. The molecule has 0 saturated heterocycles. The minimum atomic E-state index is 0.267. The summed E-state index contributed by atoms with van der Waals surface area (Å²) in [5.74, 6) is 6.12. The standard InChI is InChI=1S/C8H13ClN2S/c9-5-1-3-7(11-10)8-4-2-6-12-8/h2,4,6-7,11H,1,3,5,10H2. The zero-order valence-corrected chi connectivity index (χ0v) is 8.37. The summed E-state index contributed by atoms with van der Waals surface area (Å²) in [4.78, 5) is 1.28. The van der Waals surface area contributed by atoms with Crippen molar-refractivity contribution in [2.75, 3.05) is 5.88 Å². The molecule has 0 bridgehead atoms. The molecule has 12 heavy (non-hydrogen) atoms. The van der Waals surface area contributed by atoms with E-state index >= 15 is 0 Å². The number of nitrogens with two attached hydrogens (primary N) is 1. The van der Waals surface area contributed by atoms with Gasteiger partial charge in [-0.15, -0.1) is 22.9 Å². The van der Waals surface area contributed by atoms with Gasteiger partial charge in [-0.1, -0.05) is 6.07 Å². The minimum Gasteiger partial charge on any atom is -0.271 e. The van der Waals surface area contributed by atoms with E-state index in [0.29, 0.717) is 5.88 Å². The van der Waals surface area contributed by atoms with Gasteiger partial charge in [0.2, 0.25) is 0 Å². The molecule has 2 nitrogen and oxygen atoms in total. The number of nitrogens with one attached hydrogen (secondary N) is 1. The van der Waals surface area contributed by atoms with Crippen molar-refractivity contribution in [3.8, 4) is 0 Å². The van der Waals surface area contributed by atoms with Crippen LogP contribution in [-0.4, -0.2) is 5.88 Å². The van der Waals surface area contributed by atoms with Gasteiger partial charge in [0.15, 0.2) is 0 Å². The van der Waals surface area contributed by atoms with Crippen molar-refractivity contribution in [2.24, 2.45) is 5.84 Å². The van der Waals surface area contributed by atoms with Crippen LogP contribution in [0.1, 0.15) is 23.8 Å². The van der Waals surface area contributed by atoms with Crippen molar-refractivity contribution in [2.45, 2.75) is 18.9 Å². The molecule has 0 spiro atoms. The van der Waals surface area contributed by atoms with Crippen LogP contribution in [0.4, 0.5) is 0 Å². The number of hydrogen-bond donors (Lipinski definition) is 2. The van der Waals surface area contributed by atoms with Crippen molar-refractivity contribution in [3.05, 3.63) is 22.4 Å². The molecule has 0 radical (unpaired) electrons. The lowest BCUT2D eigenvalue weighted by Gasteiger charge is -2.12. The highest BCUT2D eigenvalue weighted by Gasteiger charge is 2.08. The summed E-state index contributed by atoms with van der Waals surface area (Å²) in [5, 5.41) is 2.06. The monoisotopic (exact) mass is 204 g/mol. The van der Waals surface area contributed by atoms with E-state index in [9.17, 15) is 0 Å². The van der Waals surface area contributed by atoms with Crippen LogP contribution >= 0.6 is 22.9 Å². The molecule has 1 unspecified atom stereocenters. The Morgan fingerprint density at radius 1 is 1.67 bits per heavy atom. The molecule has 0 aliphatic heterocycles. The van der Waals surface area contributed by atoms with Gasteiger partial charge in [0, 0.05) is 10.8 Å². The van der Waals surface area contributed by atoms with Crippen molar-refractivity contribution in [1.29, 1.82) is 0 Å². The van der Waals surface area contributed by atoms with Crippen molar-refractivity contribution in [1.82, 2.24) is 5.43 Å². The Labute approximate surface area is 81.7 Å². The molecule has 1 aromatic rings. The lowest BCUT2D eigenvalue weighted by Crippen LogP contribution is -2.27. The Morgan fingerprint density at radius 2 is 2.50 bits per heavy atom. The third-order valence-electron chi connectivity index (χ3n) is 1.71. The zero-order valence-electron chi connectivity index (χ0n) is 6.79. The number of halogens is 1. The SMILES string of the molecule is NNC(CCCCl)c1cccs1. The molecule has 0 aliphatic carbocycles. The molecule has 0 saturated carbocycles. The lowest BCUT2D eigenvalue weighted by molar-refractivity contribution is 0.519. The lowest BCUT2D eigenvalue weighted by atomic mass is 10.1.